The maximum Gasteiger partial charge on any atom is 0.352 e. The number of carboxylic acid groups (broad SMARTS) is 1. The van der Waals surface area contributed by atoms with Crippen LogP contribution in [0.5, 0.6) is 5.75 Å². The predicted octanol–water partition coefficient (Wildman–Crippen LogP) is -0.266. The first-order chi connectivity index (χ1) is 17.0. The highest BCUT2D eigenvalue weighted by Crippen LogP contribution is 2.64. The Hall–Kier alpha value is -2.99. The zero-order valence-electron chi connectivity index (χ0n) is 20.1. The Bertz CT molecular complexity index is 1170. The molecule has 6 atom stereocenters. The molecule has 2 bridgehead atoms. The Morgan fingerprint density at radius 2 is 2.08 bits per heavy atom. The van der Waals surface area contributed by atoms with Crippen LogP contribution in [0.3, 0.4) is 0 Å². The van der Waals surface area contributed by atoms with Gasteiger partial charge in [-0.1, -0.05) is 12.1 Å². The van der Waals surface area contributed by atoms with Crippen molar-refractivity contribution in [1.29, 1.82) is 0 Å². The Labute approximate surface area is 207 Å². The fourth-order valence-corrected chi connectivity index (χ4v) is 6.39. The van der Waals surface area contributed by atoms with E-state index < -0.39 is 53.6 Å². The second kappa shape index (κ2) is 8.55. The zero-order valence-corrected chi connectivity index (χ0v) is 20.1. The molecule has 1 saturated heterocycles. The topological polar surface area (TPSA) is 169 Å². The summed E-state index contributed by atoms with van der Waals surface area (Å²) in [5.74, 6) is -2.42. The number of carboxylic acids is 1. The number of benzene rings is 1. The number of carbonyl (C=O) groups is 3. The van der Waals surface area contributed by atoms with E-state index in [4.69, 9.17) is 25.1 Å². The molecular weight excluding hydrogens is 472 g/mol. The summed E-state index contributed by atoms with van der Waals surface area (Å²) >= 11 is 0. The summed E-state index contributed by atoms with van der Waals surface area (Å²) in [4.78, 5) is 37.9. The molecule has 11 heteroatoms. The number of nitrogens with two attached hydrogens (primary N) is 1. The SMILES string of the molecule is C[C@H](OC(=O)C[C@H](N)C(=O)O)C(=O)OC1=CC[C@@]2(O)[C@H]3Cc4ccc(CO)c5c4[C@@]2(CCN3C)[C@H]1O5. The van der Waals surface area contributed by atoms with Gasteiger partial charge in [-0.15, -0.1) is 0 Å². The quantitative estimate of drug-likeness (QED) is 0.362. The number of aliphatic hydroxyl groups excluding tert-OH is 1. The fraction of sp³-hybridized carbons (Fsp3) is 0.560. The lowest BCUT2D eigenvalue weighted by atomic mass is 9.50. The molecule has 11 nitrogen and oxygen atoms in total. The van der Waals surface area contributed by atoms with E-state index in [0.717, 1.165) is 11.1 Å². The first kappa shape index (κ1) is 24.7. The molecule has 2 aliphatic heterocycles. The van der Waals surface area contributed by atoms with Crippen LogP contribution in [-0.2, 0) is 42.3 Å². The number of aliphatic hydroxyl groups is 2. The van der Waals surface area contributed by atoms with Crippen molar-refractivity contribution < 1.29 is 43.9 Å². The highest BCUT2D eigenvalue weighted by molar-refractivity contribution is 5.84. The molecular formula is C25H30N2O9. The third-order valence-corrected chi connectivity index (χ3v) is 8.19. The smallest absolute Gasteiger partial charge is 0.352 e. The number of carbonyl (C=O) groups excluding carboxylic acids is 2. The van der Waals surface area contributed by atoms with Crippen LogP contribution in [0.1, 0.15) is 42.9 Å². The van der Waals surface area contributed by atoms with Crippen LogP contribution in [0, 0.1) is 0 Å². The van der Waals surface area contributed by atoms with Crippen molar-refractivity contribution in [2.45, 2.75) is 74.5 Å². The lowest BCUT2D eigenvalue weighted by Crippen LogP contribution is -2.74. The summed E-state index contributed by atoms with van der Waals surface area (Å²) in [6.45, 7) is 1.79. The fourth-order valence-electron chi connectivity index (χ4n) is 6.39. The van der Waals surface area contributed by atoms with E-state index in [1.807, 2.05) is 19.2 Å². The molecule has 2 heterocycles. The van der Waals surface area contributed by atoms with Gasteiger partial charge in [-0.25, -0.2) is 4.79 Å². The van der Waals surface area contributed by atoms with E-state index in [9.17, 15) is 24.6 Å². The molecule has 0 radical (unpaired) electrons. The average molecular weight is 503 g/mol. The number of nitrogens with zero attached hydrogens (tertiary/aromatic N) is 1. The molecule has 2 aliphatic carbocycles. The molecule has 0 aromatic heterocycles. The van der Waals surface area contributed by atoms with Crippen LogP contribution < -0.4 is 10.5 Å². The number of esters is 2. The van der Waals surface area contributed by atoms with Gasteiger partial charge in [-0.3, -0.25) is 9.59 Å². The number of likely N-dealkylation sites (tertiary alicyclic amines) is 1. The summed E-state index contributed by atoms with van der Waals surface area (Å²) in [6, 6.07) is 2.18. The number of likely N-dealkylation sites (N-methyl/N-ethyl adjacent to an activating group) is 1. The molecule has 4 aliphatic rings. The maximum atomic E-state index is 12.9. The van der Waals surface area contributed by atoms with Crippen LogP contribution in [0.25, 0.3) is 0 Å². The molecule has 5 N–H and O–H groups in total. The summed E-state index contributed by atoms with van der Waals surface area (Å²) < 4.78 is 17.1. The number of ether oxygens (including phenoxy) is 3. The van der Waals surface area contributed by atoms with Gasteiger partial charge < -0.3 is 40.2 Å². The second-order valence-electron chi connectivity index (χ2n) is 10.1. The minimum atomic E-state index is -1.44. The van der Waals surface area contributed by atoms with Gasteiger partial charge in [0.05, 0.1) is 24.0 Å². The molecule has 1 fully saturated rings. The largest absolute Gasteiger partial charge is 0.481 e. The van der Waals surface area contributed by atoms with Crippen LogP contribution in [0.4, 0.5) is 0 Å². The number of hydrogen-bond donors (Lipinski definition) is 4. The predicted molar refractivity (Wildman–Crippen MR) is 123 cm³/mol. The molecule has 1 aromatic rings. The maximum absolute atomic E-state index is 12.9. The van der Waals surface area contributed by atoms with E-state index in [-0.39, 0.29) is 24.8 Å². The molecule has 194 valence electrons. The van der Waals surface area contributed by atoms with E-state index in [1.54, 1.807) is 6.08 Å². The molecule has 0 amide bonds. The number of piperidine rings is 1. The van der Waals surface area contributed by atoms with Gasteiger partial charge in [0.25, 0.3) is 0 Å². The lowest BCUT2D eigenvalue weighted by Gasteiger charge is -2.61. The molecule has 0 saturated carbocycles. The van der Waals surface area contributed by atoms with Crippen molar-refractivity contribution in [3.8, 4) is 5.75 Å². The summed E-state index contributed by atoms with van der Waals surface area (Å²) in [5, 5.41) is 31.0. The monoisotopic (exact) mass is 502 g/mol. The summed E-state index contributed by atoms with van der Waals surface area (Å²) in [7, 11) is 1.99. The van der Waals surface area contributed by atoms with Crippen molar-refractivity contribution >= 4 is 17.9 Å². The average Bonchev–Trinajstić information content (AvgIpc) is 3.18. The number of rotatable bonds is 7. The minimum absolute atomic E-state index is 0.164. The van der Waals surface area contributed by atoms with Gasteiger partial charge in [0.15, 0.2) is 12.2 Å². The highest BCUT2D eigenvalue weighted by atomic mass is 16.6. The summed E-state index contributed by atoms with van der Waals surface area (Å²) in [5.41, 5.74) is 5.83. The highest BCUT2D eigenvalue weighted by Gasteiger charge is 2.71. The van der Waals surface area contributed by atoms with Gasteiger partial charge in [0.1, 0.15) is 17.6 Å². The van der Waals surface area contributed by atoms with E-state index in [1.165, 1.54) is 6.92 Å². The van der Waals surface area contributed by atoms with Gasteiger partial charge in [0.2, 0.25) is 0 Å². The van der Waals surface area contributed by atoms with Gasteiger partial charge in [-0.2, -0.15) is 0 Å². The van der Waals surface area contributed by atoms with Gasteiger partial charge in [0, 0.05) is 23.6 Å². The number of hydrogen-bond acceptors (Lipinski definition) is 10. The third-order valence-electron chi connectivity index (χ3n) is 8.19. The van der Waals surface area contributed by atoms with Crippen molar-refractivity contribution in [3.63, 3.8) is 0 Å². The van der Waals surface area contributed by atoms with Gasteiger partial charge in [-0.05, 0) is 45.0 Å². The summed E-state index contributed by atoms with van der Waals surface area (Å²) in [6.07, 6.45) is 0.360. The molecule has 1 spiro atoms. The normalized spacial score (nSPS) is 31.4. The van der Waals surface area contributed by atoms with Crippen molar-refractivity contribution in [3.05, 3.63) is 40.7 Å². The molecule has 0 unspecified atom stereocenters. The van der Waals surface area contributed by atoms with Crippen molar-refractivity contribution in [1.82, 2.24) is 4.90 Å². The number of aliphatic carboxylic acids is 1. The standard InChI is InChI=1S/C25H30N2O9/c1-12(34-18(29)10-15(26)22(30)31)23(32)35-16-5-6-25(33)17-9-13-3-4-14(11-28)20-19(13)24(25,21(16)36-20)7-8-27(17)2/h3-5,12,15,17,21,28,33H,6-11,26H2,1-2H3,(H,30,31)/t12-,15-,17+,21-,24-,25+/m0/s1. The molecule has 36 heavy (non-hydrogen) atoms. The zero-order chi connectivity index (χ0) is 26.0. The van der Waals surface area contributed by atoms with E-state index in [2.05, 4.69) is 4.90 Å². The van der Waals surface area contributed by atoms with Crippen molar-refractivity contribution in [2.75, 3.05) is 13.6 Å². The van der Waals surface area contributed by atoms with Gasteiger partial charge >= 0.3 is 17.9 Å². The van der Waals surface area contributed by atoms with E-state index in [0.29, 0.717) is 30.7 Å². The Morgan fingerprint density at radius 3 is 2.78 bits per heavy atom. The van der Waals surface area contributed by atoms with Crippen LogP contribution in [-0.4, -0.2) is 81.6 Å². The minimum Gasteiger partial charge on any atom is -0.481 e. The first-order valence-corrected chi connectivity index (χ1v) is 12.0. The first-order valence-electron chi connectivity index (χ1n) is 12.0. The Kier molecular flexibility index (Phi) is 5.86. The molecule has 1 aromatic carbocycles. The van der Waals surface area contributed by atoms with Crippen LogP contribution in [0.15, 0.2) is 24.0 Å². The second-order valence-corrected chi connectivity index (χ2v) is 10.1. The van der Waals surface area contributed by atoms with Crippen molar-refractivity contribution in [2.24, 2.45) is 5.73 Å². The van der Waals surface area contributed by atoms with Crippen LogP contribution >= 0.6 is 0 Å². The van der Waals surface area contributed by atoms with Crippen LogP contribution in [0.2, 0.25) is 0 Å². The van der Waals surface area contributed by atoms with E-state index >= 15 is 0 Å². The lowest BCUT2D eigenvalue weighted by molar-refractivity contribution is -0.175. The third kappa shape index (κ3) is 3.37. The molecule has 5 rings (SSSR count). The Morgan fingerprint density at radius 1 is 1.33 bits per heavy atom. The Balaban J connectivity index is 1.44.